The van der Waals surface area contributed by atoms with Crippen LogP contribution in [0, 0.1) is 33.4 Å². The van der Waals surface area contributed by atoms with E-state index in [2.05, 4.69) is 9.97 Å². The first-order valence-corrected chi connectivity index (χ1v) is 9.70. The van der Waals surface area contributed by atoms with Gasteiger partial charge in [-0.3, -0.25) is 4.98 Å². The van der Waals surface area contributed by atoms with E-state index < -0.39 is 12.7 Å². The fraction of sp³-hybridized carbons (Fsp3) is 0.154. The zero-order valence-electron chi connectivity index (χ0n) is 19.9. The summed E-state index contributed by atoms with van der Waals surface area (Å²) >= 11 is 0. The number of benzene rings is 2. The molecule has 3 nitrogen and oxygen atoms in total. The molecule has 5 aromatic rings. The van der Waals surface area contributed by atoms with Crippen molar-refractivity contribution in [2.45, 2.75) is 27.6 Å². The minimum Gasteiger partial charge on any atom is -0.437 e. The monoisotopic (exact) mass is 399 g/mol. The van der Waals surface area contributed by atoms with E-state index >= 15 is 0 Å². The number of hydrogen-bond donors (Lipinski definition) is 0. The van der Waals surface area contributed by atoms with Crippen molar-refractivity contribution in [1.29, 1.82) is 0 Å². The van der Waals surface area contributed by atoms with Crippen LogP contribution >= 0.6 is 0 Å². The lowest BCUT2D eigenvalue weighted by molar-refractivity contribution is 0.625. The van der Waals surface area contributed by atoms with Crippen molar-refractivity contribution in [3.05, 3.63) is 82.9 Å². The molecular weight excluding hydrogens is 375 g/mol. The third-order valence-electron chi connectivity index (χ3n) is 5.44. The van der Waals surface area contributed by atoms with Crippen molar-refractivity contribution in [1.82, 2.24) is 9.97 Å². The molecule has 30 heavy (non-hydrogen) atoms. The second kappa shape index (κ2) is 6.77. The van der Waals surface area contributed by atoms with E-state index in [0.717, 1.165) is 27.6 Å². The molecule has 0 amide bonds. The van der Waals surface area contributed by atoms with E-state index in [1.807, 2.05) is 51.1 Å². The molecular formula is C26H21FN2O. The van der Waals surface area contributed by atoms with Crippen molar-refractivity contribution in [3.63, 3.8) is 0 Å². The van der Waals surface area contributed by atoms with Crippen molar-refractivity contribution in [2.24, 2.45) is 0 Å². The second-order valence-electron chi connectivity index (χ2n) is 7.66. The average molecular weight is 399 g/mol. The molecule has 5 rings (SSSR count). The second-order valence-corrected chi connectivity index (χ2v) is 7.66. The first-order chi connectivity index (χ1) is 15.6. The highest BCUT2D eigenvalue weighted by atomic mass is 19.1. The standard InChI is InChI=1S/C26H21FN2O/c1-14-10-15(2)24(16(3)11-14)21-12-23(28-13-22(21)27)20-7-5-6-18-19-9-8-17(4)29-26(19)30-25(18)20/h5-13H,1-4H3/i4D3. The number of aryl methyl sites for hydroxylation is 4. The average Bonchev–Trinajstić information content (AvgIpc) is 3.12. The van der Waals surface area contributed by atoms with Crippen LogP contribution in [0.3, 0.4) is 0 Å². The van der Waals surface area contributed by atoms with Crippen molar-refractivity contribution in [2.75, 3.05) is 0 Å². The zero-order chi connectivity index (χ0) is 23.5. The van der Waals surface area contributed by atoms with E-state index in [9.17, 15) is 4.39 Å². The fourth-order valence-corrected chi connectivity index (χ4v) is 4.26. The highest BCUT2D eigenvalue weighted by Gasteiger charge is 2.17. The number of pyridine rings is 2. The maximum absolute atomic E-state index is 14.9. The summed E-state index contributed by atoms with van der Waals surface area (Å²) in [6.45, 7) is 3.64. The number of hydrogen-bond acceptors (Lipinski definition) is 3. The van der Waals surface area contributed by atoms with Crippen LogP contribution in [0.25, 0.3) is 44.5 Å². The van der Waals surface area contributed by atoms with Crippen LogP contribution in [-0.2, 0) is 0 Å². The van der Waals surface area contributed by atoms with Crippen LogP contribution in [0.4, 0.5) is 4.39 Å². The summed E-state index contributed by atoms with van der Waals surface area (Å²) in [6.07, 6.45) is 1.23. The van der Waals surface area contributed by atoms with Crippen LogP contribution in [0.5, 0.6) is 0 Å². The molecule has 0 spiro atoms. The molecule has 148 valence electrons. The number of fused-ring (bicyclic) bond motifs is 3. The Morgan fingerprint density at radius 3 is 2.50 bits per heavy atom. The van der Waals surface area contributed by atoms with Gasteiger partial charge in [0.1, 0.15) is 11.4 Å². The SMILES string of the molecule is [2H]C([2H])([2H])c1ccc2c(n1)oc1c(-c3cc(-c4c(C)cc(C)cc4C)c(F)cn3)cccc12. The highest BCUT2D eigenvalue weighted by molar-refractivity contribution is 6.08. The van der Waals surface area contributed by atoms with Crippen LogP contribution < -0.4 is 0 Å². The fourth-order valence-electron chi connectivity index (χ4n) is 4.26. The first-order valence-electron chi connectivity index (χ1n) is 11.2. The molecule has 2 aromatic carbocycles. The Hall–Kier alpha value is -3.53. The normalized spacial score (nSPS) is 13.4. The van der Waals surface area contributed by atoms with Gasteiger partial charge in [0.2, 0.25) is 5.71 Å². The van der Waals surface area contributed by atoms with Gasteiger partial charge in [-0.15, -0.1) is 0 Å². The van der Waals surface area contributed by atoms with E-state index in [0.29, 0.717) is 27.8 Å². The van der Waals surface area contributed by atoms with Crippen LogP contribution in [0.15, 0.2) is 59.1 Å². The Morgan fingerprint density at radius 1 is 0.933 bits per heavy atom. The third-order valence-corrected chi connectivity index (χ3v) is 5.44. The summed E-state index contributed by atoms with van der Waals surface area (Å²) in [6, 6.07) is 14.6. The Balaban J connectivity index is 1.73. The predicted molar refractivity (Wildman–Crippen MR) is 119 cm³/mol. The van der Waals surface area contributed by atoms with Gasteiger partial charge >= 0.3 is 0 Å². The molecule has 0 N–H and O–H groups in total. The van der Waals surface area contributed by atoms with Crippen LogP contribution in [0.2, 0.25) is 0 Å². The molecule has 0 fully saturated rings. The minimum absolute atomic E-state index is 0.0249. The summed E-state index contributed by atoms with van der Waals surface area (Å²) in [5.41, 5.74) is 6.44. The predicted octanol–water partition coefficient (Wildman–Crippen LogP) is 7.08. The lowest BCUT2D eigenvalue weighted by atomic mass is 9.93. The molecule has 0 aliphatic heterocycles. The van der Waals surface area contributed by atoms with Gasteiger partial charge in [-0.05, 0) is 68.6 Å². The zero-order valence-corrected chi connectivity index (χ0v) is 16.9. The van der Waals surface area contributed by atoms with Gasteiger partial charge in [-0.1, -0.05) is 29.8 Å². The Bertz CT molecular complexity index is 1530. The van der Waals surface area contributed by atoms with Gasteiger partial charge in [0, 0.05) is 31.7 Å². The largest absolute Gasteiger partial charge is 0.437 e. The summed E-state index contributed by atoms with van der Waals surface area (Å²) in [5.74, 6) is -0.394. The molecule has 3 heterocycles. The number of halogens is 1. The Morgan fingerprint density at radius 2 is 1.73 bits per heavy atom. The van der Waals surface area contributed by atoms with Gasteiger partial charge in [0.25, 0.3) is 0 Å². The number of para-hydroxylation sites is 1. The van der Waals surface area contributed by atoms with E-state index in [1.165, 1.54) is 12.3 Å². The summed E-state index contributed by atoms with van der Waals surface area (Å²) in [7, 11) is 0. The van der Waals surface area contributed by atoms with Crippen LogP contribution in [0.1, 0.15) is 26.5 Å². The number of rotatable bonds is 2. The summed E-state index contributed by atoms with van der Waals surface area (Å²) < 4.78 is 43.8. The van der Waals surface area contributed by atoms with Gasteiger partial charge < -0.3 is 4.42 Å². The summed E-state index contributed by atoms with van der Waals surface area (Å²) in [5, 5.41) is 1.51. The maximum atomic E-state index is 14.9. The number of furan rings is 1. The lowest BCUT2D eigenvalue weighted by Crippen LogP contribution is -1.95. The Kier molecular flexibility index (Phi) is 3.46. The smallest absolute Gasteiger partial charge is 0.227 e. The number of aromatic nitrogens is 2. The van der Waals surface area contributed by atoms with Crippen molar-refractivity contribution < 1.29 is 12.9 Å². The first kappa shape index (κ1) is 15.3. The molecule has 0 saturated carbocycles. The molecule has 0 unspecified atom stereocenters. The molecule has 4 heteroatoms. The molecule has 0 aliphatic carbocycles. The molecule has 0 aliphatic rings. The molecule has 0 saturated heterocycles. The Labute approximate surface area is 178 Å². The summed E-state index contributed by atoms with van der Waals surface area (Å²) in [4.78, 5) is 8.56. The third kappa shape index (κ3) is 2.88. The molecule has 0 atom stereocenters. The van der Waals surface area contributed by atoms with Gasteiger partial charge in [-0.2, -0.15) is 0 Å². The lowest BCUT2D eigenvalue weighted by Gasteiger charge is -2.13. The molecule has 3 aromatic heterocycles. The van der Waals surface area contributed by atoms with E-state index in [-0.39, 0.29) is 11.4 Å². The van der Waals surface area contributed by atoms with E-state index in [4.69, 9.17) is 8.53 Å². The molecule has 0 radical (unpaired) electrons. The minimum atomic E-state index is -2.33. The molecule has 0 bridgehead atoms. The van der Waals surface area contributed by atoms with Gasteiger partial charge in [0.15, 0.2) is 0 Å². The van der Waals surface area contributed by atoms with Crippen molar-refractivity contribution >= 4 is 22.1 Å². The topological polar surface area (TPSA) is 38.9 Å². The maximum Gasteiger partial charge on any atom is 0.227 e. The van der Waals surface area contributed by atoms with Gasteiger partial charge in [-0.25, -0.2) is 9.37 Å². The van der Waals surface area contributed by atoms with Gasteiger partial charge in [0.05, 0.1) is 11.9 Å². The highest BCUT2D eigenvalue weighted by Crippen LogP contribution is 2.37. The van der Waals surface area contributed by atoms with E-state index in [1.54, 1.807) is 12.1 Å². The van der Waals surface area contributed by atoms with Crippen LogP contribution in [-0.4, -0.2) is 9.97 Å². The number of nitrogens with zero attached hydrogens (tertiary/aromatic N) is 2. The quantitative estimate of drug-likeness (QED) is 0.318. The van der Waals surface area contributed by atoms with Crippen molar-refractivity contribution in [3.8, 4) is 22.4 Å².